The van der Waals surface area contributed by atoms with Crippen molar-refractivity contribution in [3.8, 4) is 0 Å². The van der Waals surface area contributed by atoms with Crippen LogP contribution < -0.4 is 5.32 Å². The van der Waals surface area contributed by atoms with Crippen molar-refractivity contribution in [2.45, 2.75) is 19.4 Å². The predicted molar refractivity (Wildman–Crippen MR) is 67.6 cm³/mol. The number of nitrogens with one attached hydrogen (secondary N) is 1. The SMILES string of the molecule is CCNC(Cc1cnn(C)c1)c1ccncc1. The first-order valence-electron chi connectivity index (χ1n) is 5.90. The maximum atomic E-state index is 4.20. The van der Waals surface area contributed by atoms with Crippen molar-refractivity contribution in [2.24, 2.45) is 7.05 Å². The Hall–Kier alpha value is -1.68. The van der Waals surface area contributed by atoms with Gasteiger partial charge in [0, 0.05) is 31.7 Å². The molecule has 0 aliphatic carbocycles. The Morgan fingerprint density at radius 2 is 2.12 bits per heavy atom. The maximum absolute atomic E-state index is 4.20. The molecule has 0 fully saturated rings. The summed E-state index contributed by atoms with van der Waals surface area (Å²) in [6.07, 6.45) is 8.61. The molecular formula is C13H18N4. The normalized spacial score (nSPS) is 12.6. The zero-order valence-electron chi connectivity index (χ0n) is 10.3. The van der Waals surface area contributed by atoms with Crippen LogP contribution in [-0.4, -0.2) is 21.3 Å². The van der Waals surface area contributed by atoms with Crippen LogP contribution in [-0.2, 0) is 13.5 Å². The Morgan fingerprint density at radius 1 is 1.35 bits per heavy atom. The van der Waals surface area contributed by atoms with Crippen LogP contribution >= 0.6 is 0 Å². The van der Waals surface area contributed by atoms with Gasteiger partial charge in [-0.2, -0.15) is 5.10 Å². The standard InChI is InChI=1S/C13H18N4/c1-3-15-13(12-4-6-14-7-5-12)8-11-9-16-17(2)10-11/h4-7,9-10,13,15H,3,8H2,1-2H3. The Labute approximate surface area is 102 Å². The summed E-state index contributed by atoms with van der Waals surface area (Å²) in [5.41, 5.74) is 2.51. The Morgan fingerprint density at radius 3 is 2.71 bits per heavy atom. The van der Waals surface area contributed by atoms with E-state index in [0.717, 1.165) is 13.0 Å². The molecule has 4 nitrogen and oxygen atoms in total. The molecule has 1 atom stereocenters. The molecule has 4 heteroatoms. The molecule has 0 aromatic carbocycles. The van der Waals surface area contributed by atoms with Gasteiger partial charge in [-0.15, -0.1) is 0 Å². The molecule has 0 saturated carbocycles. The predicted octanol–water partition coefficient (Wildman–Crippen LogP) is 1.71. The molecule has 0 bridgehead atoms. The molecule has 0 radical (unpaired) electrons. The minimum absolute atomic E-state index is 0.326. The molecule has 0 aliphatic heterocycles. The van der Waals surface area contributed by atoms with E-state index in [-0.39, 0.29) is 0 Å². The molecule has 0 aliphatic rings. The lowest BCUT2D eigenvalue weighted by atomic mass is 10.0. The Kier molecular flexibility index (Phi) is 3.88. The molecule has 2 heterocycles. The fourth-order valence-electron chi connectivity index (χ4n) is 1.96. The van der Waals surface area contributed by atoms with Crippen molar-refractivity contribution < 1.29 is 0 Å². The summed E-state index contributed by atoms with van der Waals surface area (Å²) < 4.78 is 1.84. The fraction of sp³-hybridized carbons (Fsp3) is 0.385. The molecule has 90 valence electrons. The molecule has 17 heavy (non-hydrogen) atoms. The van der Waals surface area contributed by atoms with Gasteiger partial charge in [-0.3, -0.25) is 9.67 Å². The lowest BCUT2D eigenvalue weighted by Gasteiger charge is -2.17. The number of aromatic nitrogens is 3. The molecule has 2 rings (SSSR count). The van der Waals surface area contributed by atoms with Gasteiger partial charge in [0.05, 0.1) is 6.20 Å². The zero-order chi connectivity index (χ0) is 12.1. The summed E-state index contributed by atoms with van der Waals surface area (Å²) in [6, 6.07) is 4.44. The van der Waals surface area contributed by atoms with Gasteiger partial charge in [-0.05, 0) is 36.2 Å². The minimum atomic E-state index is 0.326. The highest BCUT2D eigenvalue weighted by Gasteiger charge is 2.11. The third kappa shape index (κ3) is 3.14. The van der Waals surface area contributed by atoms with Crippen molar-refractivity contribution >= 4 is 0 Å². The third-order valence-corrected chi connectivity index (χ3v) is 2.76. The van der Waals surface area contributed by atoms with Gasteiger partial charge in [0.15, 0.2) is 0 Å². The second kappa shape index (κ2) is 5.59. The number of hydrogen-bond donors (Lipinski definition) is 1. The highest BCUT2D eigenvalue weighted by Crippen LogP contribution is 2.17. The van der Waals surface area contributed by atoms with Gasteiger partial charge in [0.1, 0.15) is 0 Å². The van der Waals surface area contributed by atoms with E-state index < -0.39 is 0 Å². The number of nitrogens with zero attached hydrogens (tertiary/aromatic N) is 3. The molecule has 0 saturated heterocycles. The summed E-state index contributed by atoms with van der Waals surface area (Å²) >= 11 is 0. The van der Waals surface area contributed by atoms with Gasteiger partial charge in [0.2, 0.25) is 0 Å². The van der Waals surface area contributed by atoms with Crippen LogP contribution in [0.25, 0.3) is 0 Å². The lowest BCUT2D eigenvalue weighted by molar-refractivity contribution is 0.549. The van der Waals surface area contributed by atoms with E-state index in [4.69, 9.17) is 0 Å². The van der Waals surface area contributed by atoms with E-state index >= 15 is 0 Å². The van der Waals surface area contributed by atoms with Gasteiger partial charge < -0.3 is 5.32 Å². The highest BCUT2D eigenvalue weighted by atomic mass is 15.2. The molecule has 1 N–H and O–H groups in total. The Balaban J connectivity index is 2.13. The number of pyridine rings is 1. The quantitative estimate of drug-likeness (QED) is 0.850. The van der Waals surface area contributed by atoms with Crippen molar-refractivity contribution in [3.63, 3.8) is 0 Å². The van der Waals surface area contributed by atoms with Crippen LogP contribution in [0, 0.1) is 0 Å². The van der Waals surface area contributed by atoms with Gasteiger partial charge in [-0.1, -0.05) is 6.92 Å². The first kappa shape index (κ1) is 11.8. The van der Waals surface area contributed by atoms with E-state index in [1.165, 1.54) is 11.1 Å². The molecule has 0 amide bonds. The highest BCUT2D eigenvalue weighted by molar-refractivity contribution is 5.19. The maximum Gasteiger partial charge on any atom is 0.0522 e. The summed E-state index contributed by atoms with van der Waals surface area (Å²) in [4.78, 5) is 4.05. The number of rotatable bonds is 5. The molecule has 2 aromatic heterocycles. The topological polar surface area (TPSA) is 42.7 Å². The first-order chi connectivity index (χ1) is 8.29. The molecule has 2 aromatic rings. The number of hydrogen-bond acceptors (Lipinski definition) is 3. The van der Waals surface area contributed by atoms with Crippen molar-refractivity contribution in [1.82, 2.24) is 20.1 Å². The van der Waals surface area contributed by atoms with E-state index in [1.54, 1.807) is 0 Å². The summed E-state index contributed by atoms with van der Waals surface area (Å²) in [5.74, 6) is 0. The average Bonchev–Trinajstić information content (AvgIpc) is 2.75. The van der Waals surface area contributed by atoms with E-state index in [2.05, 4.69) is 40.7 Å². The van der Waals surface area contributed by atoms with Gasteiger partial charge in [-0.25, -0.2) is 0 Å². The second-order valence-electron chi connectivity index (χ2n) is 4.12. The zero-order valence-corrected chi connectivity index (χ0v) is 10.3. The summed E-state index contributed by atoms with van der Waals surface area (Å²) in [6.45, 7) is 3.07. The van der Waals surface area contributed by atoms with Crippen LogP contribution in [0.5, 0.6) is 0 Å². The first-order valence-corrected chi connectivity index (χ1v) is 5.90. The van der Waals surface area contributed by atoms with E-state index in [1.807, 2.05) is 30.3 Å². The Bertz CT molecular complexity index is 449. The van der Waals surface area contributed by atoms with E-state index in [9.17, 15) is 0 Å². The molecular weight excluding hydrogens is 212 g/mol. The van der Waals surface area contributed by atoms with Crippen molar-refractivity contribution in [2.75, 3.05) is 6.54 Å². The van der Waals surface area contributed by atoms with Crippen LogP contribution in [0.15, 0.2) is 36.9 Å². The number of aryl methyl sites for hydroxylation is 1. The van der Waals surface area contributed by atoms with Crippen LogP contribution in [0.3, 0.4) is 0 Å². The monoisotopic (exact) mass is 230 g/mol. The summed E-state index contributed by atoms with van der Waals surface area (Å²) in [7, 11) is 1.94. The second-order valence-corrected chi connectivity index (χ2v) is 4.12. The number of likely N-dealkylation sites (N-methyl/N-ethyl adjacent to an activating group) is 1. The van der Waals surface area contributed by atoms with Crippen LogP contribution in [0.4, 0.5) is 0 Å². The summed E-state index contributed by atoms with van der Waals surface area (Å²) in [5, 5.41) is 7.69. The largest absolute Gasteiger partial charge is 0.310 e. The smallest absolute Gasteiger partial charge is 0.0522 e. The molecule has 0 spiro atoms. The van der Waals surface area contributed by atoms with Gasteiger partial charge in [0.25, 0.3) is 0 Å². The minimum Gasteiger partial charge on any atom is -0.310 e. The lowest BCUT2D eigenvalue weighted by Crippen LogP contribution is -2.22. The van der Waals surface area contributed by atoms with Crippen molar-refractivity contribution in [3.05, 3.63) is 48.0 Å². The van der Waals surface area contributed by atoms with Crippen molar-refractivity contribution in [1.29, 1.82) is 0 Å². The fourth-order valence-corrected chi connectivity index (χ4v) is 1.96. The average molecular weight is 230 g/mol. The van der Waals surface area contributed by atoms with Crippen LogP contribution in [0.2, 0.25) is 0 Å². The third-order valence-electron chi connectivity index (χ3n) is 2.76. The van der Waals surface area contributed by atoms with Gasteiger partial charge >= 0.3 is 0 Å². The molecule has 1 unspecified atom stereocenters. The van der Waals surface area contributed by atoms with Crippen LogP contribution in [0.1, 0.15) is 24.1 Å². The van der Waals surface area contributed by atoms with E-state index in [0.29, 0.717) is 6.04 Å².